The number of nitriles is 1. The molecule has 2 heteroatoms. The molecule has 0 aromatic heterocycles. The lowest BCUT2D eigenvalue weighted by molar-refractivity contribution is -0.109. The van der Waals surface area contributed by atoms with E-state index in [0.717, 1.165) is 32.1 Å². The van der Waals surface area contributed by atoms with E-state index in [1.54, 1.807) is 0 Å². The lowest BCUT2D eigenvalue weighted by atomic mass is 9.56. The summed E-state index contributed by atoms with van der Waals surface area (Å²) >= 11 is 0. The van der Waals surface area contributed by atoms with E-state index in [2.05, 4.69) is 38.1 Å². The first kappa shape index (κ1) is 14.6. The SMILES string of the molecule is CC1CCC(O)(C2(C#N)CCc3ccccc3C2)CC1C. The Kier molecular flexibility index (Phi) is 3.58. The summed E-state index contributed by atoms with van der Waals surface area (Å²) < 4.78 is 0. The minimum atomic E-state index is -0.818. The molecule has 0 aliphatic heterocycles. The van der Waals surface area contributed by atoms with Gasteiger partial charge in [-0.15, -0.1) is 0 Å². The molecule has 0 radical (unpaired) electrons. The van der Waals surface area contributed by atoms with Crippen molar-refractivity contribution >= 4 is 0 Å². The third-order valence-electron chi connectivity index (χ3n) is 6.18. The van der Waals surface area contributed by atoms with E-state index in [1.165, 1.54) is 11.1 Å². The first-order valence-electron chi connectivity index (χ1n) is 8.20. The third kappa shape index (κ3) is 2.28. The van der Waals surface area contributed by atoms with Crippen LogP contribution in [0.2, 0.25) is 0 Å². The first-order chi connectivity index (χ1) is 10.00. The molecule has 0 saturated heterocycles. The van der Waals surface area contributed by atoms with Gasteiger partial charge in [-0.3, -0.25) is 0 Å². The second-order valence-corrected chi connectivity index (χ2v) is 7.37. The molecule has 1 N–H and O–H groups in total. The minimum absolute atomic E-state index is 0.492. The molecule has 4 atom stereocenters. The van der Waals surface area contributed by atoms with Crippen molar-refractivity contribution in [1.29, 1.82) is 5.26 Å². The average Bonchev–Trinajstić information content (AvgIpc) is 2.50. The van der Waals surface area contributed by atoms with Crippen molar-refractivity contribution in [2.45, 2.75) is 58.0 Å². The predicted molar refractivity (Wildman–Crippen MR) is 83.6 cm³/mol. The Labute approximate surface area is 127 Å². The lowest BCUT2D eigenvalue weighted by Gasteiger charge is -2.50. The van der Waals surface area contributed by atoms with Crippen LogP contribution in [0.1, 0.15) is 50.7 Å². The highest BCUT2D eigenvalue weighted by atomic mass is 16.3. The van der Waals surface area contributed by atoms with Crippen molar-refractivity contribution in [2.75, 3.05) is 0 Å². The zero-order valence-electron chi connectivity index (χ0n) is 13.1. The van der Waals surface area contributed by atoms with Crippen molar-refractivity contribution in [3.8, 4) is 6.07 Å². The normalized spacial score (nSPS) is 39.3. The molecular weight excluding hydrogens is 258 g/mol. The van der Waals surface area contributed by atoms with Crippen LogP contribution in [0.25, 0.3) is 0 Å². The van der Waals surface area contributed by atoms with Gasteiger partial charge in [-0.05, 0) is 61.5 Å². The van der Waals surface area contributed by atoms with Crippen LogP contribution in [0.15, 0.2) is 24.3 Å². The number of rotatable bonds is 1. The molecule has 0 heterocycles. The molecule has 0 spiro atoms. The lowest BCUT2D eigenvalue weighted by Crippen LogP contribution is -2.54. The van der Waals surface area contributed by atoms with Crippen LogP contribution < -0.4 is 0 Å². The fourth-order valence-corrected chi connectivity index (χ4v) is 4.35. The van der Waals surface area contributed by atoms with Gasteiger partial charge in [0.05, 0.1) is 17.1 Å². The molecular formula is C19H25NO. The van der Waals surface area contributed by atoms with E-state index < -0.39 is 11.0 Å². The number of aryl methyl sites for hydroxylation is 1. The fourth-order valence-electron chi connectivity index (χ4n) is 4.35. The van der Waals surface area contributed by atoms with E-state index in [1.807, 2.05) is 6.07 Å². The van der Waals surface area contributed by atoms with Crippen LogP contribution >= 0.6 is 0 Å². The Morgan fingerprint density at radius 2 is 1.86 bits per heavy atom. The summed E-state index contributed by atoms with van der Waals surface area (Å²) in [5, 5.41) is 21.3. The zero-order chi connectivity index (χ0) is 15.1. The van der Waals surface area contributed by atoms with Gasteiger partial charge in [0.1, 0.15) is 0 Å². The molecule has 21 heavy (non-hydrogen) atoms. The summed E-state index contributed by atoms with van der Waals surface area (Å²) in [6.07, 6.45) is 4.98. The number of nitrogens with zero attached hydrogens (tertiary/aromatic N) is 1. The quantitative estimate of drug-likeness (QED) is 0.850. The maximum Gasteiger partial charge on any atom is 0.0903 e. The zero-order valence-corrected chi connectivity index (χ0v) is 13.1. The van der Waals surface area contributed by atoms with E-state index in [4.69, 9.17) is 0 Å². The monoisotopic (exact) mass is 283 g/mol. The Hall–Kier alpha value is -1.33. The number of aliphatic hydroxyl groups is 1. The summed E-state index contributed by atoms with van der Waals surface area (Å²) in [4.78, 5) is 0. The number of hydrogen-bond acceptors (Lipinski definition) is 2. The molecule has 2 aliphatic rings. The van der Waals surface area contributed by atoms with Crippen molar-refractivity contribution in [1.82, 2.24) is 0 Å². The molecule has 112 valence electrons. The highest BCUT2D eigenvalue weighted by Gasteiger charge is 2.54. The van der Waals surface area contributed by atoms with Gasteiger partial charge >= 0.3 is 0 Å². The van der Waals surface area contributed by atoms with Crippen LogP contribution in [0, 0.1) is 28.6 Å². The maximum atomic E-state index is 11.3. The average molecular weight is 283 g/mol. The fraction of sp³-hybridized carbons (Fsp3) is 0.632. The van der Waals surface area contributed by atoms with Gasteiger partial charge in [0.25, 0.3) is 0 Å². The van der Waals surface area contributed by atoms with E-state index in [0.29, 0.717) is 18.3 Å². The highest BCUT2D eigenvalue weighted by Crippen LogP contribution is 2.51. The third-order valence-corrected chi connectivity index (χ3v) is 6.18. The van der Waals surface area contributed by atoms with Gasteiger partial charge < -0.3 is 5.11 Å². The van der Waals surface area contributed by atoms with Crippen molar-refractivity contribution < 1.29 is 5.11 Å². The molecule has 1 fully saturated rings. The molecule has 3 rings (SSSR count). The van der Waals surface area contributed by atoms with Crippen LogP contribution in [0.3, 0.4) is 0 Å². The van der Waals surface area contributed by atoms with Crippen molar-refractivity contribution in [3.05, 3.63) is 35.4 Å². The van der Waals surface area contributed by atoms with Gasteiger partial charge in [0, 0.05) is 0 Å². The maximum absolute atomic E-state index is 11.3. The number of benzene rings is 1. The van der Waals surface area contributed by atoms with E-state index in [-0.39, 0.29) is 0 Å². The van der Waals surface area contributed by atoms with E-state index >= 15 is 0 Å². The van der Waals surface area contributed by atoms with Gasteiger partial charge in [-0.25, -0.2) is 0 Å². The Morgan fingerprint density at radius 1 is 1.14 bits per heavy atom. The van der Waals surface area contributed by atoms with Crippen molar-refractivity contribution in [3.63, 3.8) is 0 Å². The Morgan fingerprint density at radius 3 is 2.52 bits per heavy atom. The van der Waals surface area contributed by atoms with Crippen LogP contribution in [0.4, 0.5) is 0 Å². The summed E-state index contributed by atoms with van der Waals surface area (Å²) in [6.45, 7) is 4.48. The van der Waals surface area contributed by atoms with Gasteiger partial charge in [-0.2, -0.15) is 5.26 Å². The molecule has 2 aliphatic carbocycles. The van der Waals surface area contributed by atoms with Crippen LogP contribution in [-0.4, -0.2) is 10.7 Å². The topological polar surface area (TPSA) is 44.0 Å². The standard InChI is InChI=1S/C19H25NO/c1-14-7-10-19(21,11-15(14)2)18(13-20)9-8-16-5-3-4-6-17(16)12-18/h3-6,14-15,21H,7-12H2,1-2H3. The van der Waals surface area contributed by atoms with Crippen LogP contribution in [-0.2, 0) is 12.8 Å². The summed E-state index contributed by atoms with van der Waals surface area (Å²) in [5.41, 5.74) is 1.19. The number of hydrogen-bond donors (Lipinski definition) is 1. The molecule has 2 nitrogen and oxygen atoms in total. The Balaban J connectivity index is 1.94. The van der Waals surface area contributed by atoms with E-state index in [9.17, 15) is 10.4 Å². The first-order valence-corrected chi connectivity index (χ1v) is 8.20. The minimum Gasteiger partial charge on any atom is -0.388 e. The molecule has 1 aromatic carbocycles. The van der Waals surface area contributed by atoms with Gasteiger partial charge in [0.15, 0.2) is 0 Å². The second-order valence-electron chi connectivity index (χ2n) is 7.37. The second kappa shape index (κ2) is 5.14. The molecule has 0 bridgehead atoms. The molecule has 1 aromatic rings. The number of fused-ring (bicyclic) bond motifs is 1. The smallest absolute Gasteiger partial charge is 0.0903 e. The summed E-state index contributed by atoms with van der Waals surface area (Å²) in [5.74, 6) is 1.14. The summed E-state index contributed by atoms with van der Waals surface area (Å²) in [6, 6.07) is 10.9. The Bertz CT molecular complexity index is 575. The molecule has 1 saturated carbocycles. The van der Waals surface area contributed by atoms with Crippen molar-refractivity contribution in [2.24, 2.45) is 17.3 Å². The van der Waals surface area contributed by atoms with Gasteiger partial charge in [0.2, 0.25) is 0 Å². The summed E-state index contributed by atoms with van der Waals surface area (Å²) in [7, 11) is 0. The highest BCUT2D eigenvalue weighted by molar-refractivity contribution is 5.35. The van der Waals surface area contributed by atoms with Gasteiger partial charge in [-0.1, -0.05) is 38.1 Å². The molecule has 4 unspecified atom stereocenters. The molecule has 0 amide bonds. The van der Waals surface area contributed by atoms with Crippen LogP contribution in [0.5, 0.6) is 0 Å². The predicted octanol–water partition coefficient (Wildman–Crippen LogP) is 3.87. The largest absolute Gasteiger partial charge is 0.388 e.